The topological polar surface area (TPSA) is 62.2 Å². The molecule has 2 saturated heterocycles. The number of benzene rings is 1. The van der Waals surface area contributed by atoms with Crippen LogP contribution in [0.5, 0.6) is 5.75 Å². The quantitative estimate of drug-likeness (QED) is 0.731. The maximum Gasteiger partial charge on any atom is 0.225 e. The van der Waals surface area contributed by atoms with E-state index in [4.69, 9.17) is 9.47 Å². The summed E-state index contributed by atoms with van der Waals surface area (Å²) in [5.74, 6) is 1.64. The number of morpholine rings is 1. The Morgan fingerprint density at radius 2 is 1.88 bits per heavy atom. The Balaban J connectivity index is 1.40. The summed E-state index contributed by atoms with van der Waals surface area (Å²) in [6.45, 7) is 13.1. The molecule has 1 aliphatic carbocycles. The zero-order valence-corrected chi connectivity index (χ0v) is 20.1. The summed E-state index contributed by atoms with van der Waals surface area (Å²) >= 11 is 0. The molecule has 4 rings (SSSR count). The number of likely N-dealkylation sites (tertiary alicyclic amines) is 1. The summed E-state index contributed by atoms with van der Waals surface area (Å²) in [5, 5.41) is 9.77. The number of piperidine rings is 1. The number of aryl methyl sites for hydroxylation is 1. The van der Waals surface area contributed by atoms with Crippen molar-refractivity contribution >= 4 is 5.91 Å². The molecule has 0 bridgehead atoms. The van der Waals surface area contributed by atoms with Gasteiger partial charge in [-0.05, 0) is 80.2 Å². The molecule has 2 unspecified atom stereocenters. The predicted octanol–water partition coefficient (Wildman–Crippen LogP) is 2.74. The Morgan fingerprint density at radius 3 is 2.59 bits per heavy atom. The van der Waals surface area contributed by atoms with Crippen molar-refractivity contribution < 1.29 is 19.4 Å². The number of nitrogens with zero attached hydrogens (tertiary/aromatic N) is 2. The molecule has 1 aromatic rings. The van der Waals surface area contributed by atoms with Gasteiger partial charge in [0.2, 0.25) is 5.91 Å². The van der Waals surface area contributed by atoms with Crippen LogP contribution in [0.25, 0.3) is 0 Å². The summed E-state index contributed by atoms with van der Waals surface area (Å²) in [6, 6.07) is 2.21. The molecule has 32 heavy (non-hydrogen) atoms. The van der Waals surface area contributed by atoms with E-state index < -0.39 is 0 Å². The van der Waals surface area contributed by atoms with E-state index in [1.165, 1.54) is 22.3 Å². The second kappa shape index (κ2) is 10.5. The lowest BCUT2D eigenvalue weighted by Gasteiger charge is -2.36. The van der Waals surface area contributed by atoms with E-state index in [1.807, 2.05) is 4.90 Å². The first-order chi connectivity index (χ1) is 15.4. The number of rotatable bonds is 6. The van der Waals surface area contributed by atoms with Crippen molar-refractivity contribution in [1.29, 1.82) is 0 Å². The van der Waals surface area contributed by atoms with Crippen LogP contribution in [0.15, 0.2) is 6.07 Å². The monoisotopic (exact) mass is 444 g/mol. The molecule has 0 spiro atoms. The third-order valence-electron chi connectivity index (χ3n) is 7.88. The van der Waals surface area contributed by atoms with Gasteiger partial charge in [0.1, 0.15) is 12.4 Å². The number of hydrogen-bond donors (Lipinski definition) is 1. The van der Waals surface area contributed by atoms with Crippen molar-refractivity contribution in [3.05, 3.63) is 28.3 Å². The van der Waals surface area contributed by atoms with Gasteiger partial charge in [-0.25, -0.2) is 0 Å². The number of fused-ring (bicyclic) bond motifs is 1. The zero-order valence-electron chi connectivity index (χ0n) is 20.1. The van der Waals surface area contributed by atoms with Crippen LogP contribution in [-0.4, -0.2) is 79.5 Å². The molecule has 2 atom stereocenters. The summed E-state index contributed by atoms with van der Waals surface area (Å²) in [4.78, 5) is 17.5. The normalized spacial score (nSPS) is 23.6. The highest BCUT2D eigenvalue weighted by Gasteiger charge is 2.33. The molecule has 3 aliphatic rings. The molecule has 6 nitrogen and oxygen atoms in total. The highest BCUT2D eigenvalue weighted by Crippen LogP contribution is 2.38. The van der Waals surface area contributed by atoms with Gasteiger partial charge < -0.3 is 19.5 Å². The smallest absolute Gasteiger partial charge is 0.225 e. The second-order valence-corrected chi connectivity index (χ2v) is 9.92. The van der Waals surface area contributed by atoms with Crippen molar-refractivity contribution in [3.8, 4) is 5.75 Å². The highest BCUT2D eigenvalue weighted by molar-refractivity contribution is 5.79. The standard InChI is InChI=1S/C26H40N2O4/c1-18-16-25(32-15-12-27-10-13-31-14-11-27)20(3)24-17-21(4-5-23(18)24)19(2)26(30)28-8-6-22(29)7-9-28/h16,19,21-22,29H,4-15,17H2,1-3H3. The minimum absolute atomic E-state index is 0.0176. The highest BCUT2D eigenvalue weighted by atomic mass is 16.5. The number of hydrogen-bond acceptors (Lipinski definition) is 5. The fraction of sp³-hybridized carbons (Fsp3) is 0.731. The lowest BCUT2D eigenvalue weighted by Crippen LogP contribution is -2.44. The Labute approximate surface area is 192 Å². The van der Waals surface area contributed by atoms with Crippen molar-refractivity contribution in [2.24, 2.45) is 11.8 Å². The van der Waals surface area contributed by atoms with Gasteiger partial charge in [-0.3, -0.25) is 9.69 Å². The van der Waals surface area contributed by atoms with E-state index in [-0.39, 0.29) is 17.9 Å². The maximum atomic E-state index is 13.1. The molecule has 1 aromatic carbocycles. The molecule has 2 fully saturated rings. The Kier molecular flexibility index (Phi) is 7.74. The van der Waals surface area contributed by atoms with Crippen LogP contribution in [0.4, 0.5) is 0 Å². The maximum absolute atomic E-state index is 13.1. The second-order valence-electron chi connectivity index (χ2n) is 9.92. The third kappa shape index (κ3) is 5.29. The van der Waals surface area contributed by atoms with Crippen LogP contribution < -0.4 is 4.74 Å². The van der Waals surface area contributed by atoms with Crippen molar-refractivity contribution in [1.82, 2.24) is 9.80 Å². The van der Waals surface area contributed by atoms with E-state index in [0.717, 1.165) is 57.9 Å². The van der Waals surface area contributed by atoms with Crippen LogP contribution in [-0.2, 0) is 22.4 Å². The fourth-order valence-corrected chi connectivity index (χ4v) is 5.59. The zero-order chi connectivity index (χ0) is 22.7. The van der Waals surface area contributed by atoms with Gasteiger partial charge in [0.05, 0.1) is 19.3 Å². The largest absolute Gasteiger partial charge is 0.492 e. The average Bonchev–Trinajstić information content (AvgIpc) is 2.82. The van der Waals surface area contributed by atoms with Crippen molar-refractivity contribution in [2.75, 3.05) is 52.5 Å². The molecule has 6 heteroatoms. The van der Waals surface area contributed by atoms with E-state index in [0.29, 0.717) is 38.5 Å². The van der Waals surface area contributed by atoms with E-state index in [1.54, 1.807) is 0 Å². The lowest BCUT2D eigenvalue weighted by molar-refractivity contribution is -0.138. The molecule has 1 N–H and O–H groups in total. The molecular formula is C26H40N2O4. The third-order valence-corrected chi connectivity index (χ3v) is 7.88. The number of carbonyl (C=O) groups is 1. The average molecular weight is 445 g/mol. The number of amides is 1. The molecular weight excluding hydrogens is 404 g/mol. The summed E-state index contributed by atoms with van der Waals surface area (Å²) in [6.07, 6.45) is 4.21. The Hall–Kier alpha value is -1.63. The molecule has 0 radical (unpaired) electrons. The molecule has 2 heterocycles. The predicted molar refractivity (Wildman–Crippen MR) is 125 cm³/mol. The van der Waals surface area contributed by atoms with Gasteiger partial charge in [-0.2, -0.15) is 0 Å². The van der Waals surface area contributed by atoms with E-state index in [2.05, 4.69) is 31.7 Å². The van der Waals surface area contributed by atoms with Gasteiger partial charge in [0.25, 0.3) is 0 Å². The van der Waals surface area contributed by atoms with Crippen molar-refractivity contribution in [2.45, 2.75) is 59.0 Å². The minimum Gasteiger partial charge on any atom is -0.492 e. The van der Waals surface area contributed by atoms with Crippen LogP contribution in [0.3, 0.4) is 0 Å². The Bertz CT molecular complexity index is 798. The van der Waals surface area contributed by atoms with Gasteiger partial charge in [-0.1, -0.05) is 6.92 Å². The fourth-order valence-electron chi connectivity index (χ4n) is 5.59. The minimum atomic E-state index is -0.247. The van der Waals surface area contributed by atoms with Crippen LogP contribution in [0, 0.1) is 25.7 Å². The summed E-state index contributed by atoms with van der Waals surface area (Å²) < 4.78 is 11.7. The number of aliphatic hydroxyl groups is 1. The van der Waals surface area contributed by atoms with Gasteiger partial charge >= 0.3 is 0 Å². The van der Waals surface area contributed by atoms with E-state index in [9.17, 15) is 9.90 Å². The van der Waals surface area contributed by atoms with Crippen LogP contribution in [0.1, 0.15) is 48.4 Å². The van der Waals surface area contributed by atoms with Crippen LogP contribution >= 0.6 is 0 Å². The van der Waals surface area contributed by atoms with Gasteiger partial charge in [0, 0.05) is 38.6 Å². The summed E-state index contributed by atoms with van der Waals surface area (Å²) in [7, 11) is 0. The molecule has 0 aromatic heterocycles. The molecule has 178 valence electrons. The number of ether oxygens (including phenoxy) is 2. The molecule has 2 aliphatic heterocycles. The van der Waals surface area contributed by atoms with Crippen LogP contribution in [0.2, 0.25) is 0 Å². The number of aliphatic hydroxyl groups excluding tert-OH is 1. The lowest BCUT2D eigenvalue weighted by atomic mass is 9.74. The summed E-state index contributed by atoms with van der Waals surface area (Å²) in [5.41, 5.74) is 5.42. The first kappa shape index (κ1) is 23.5. The molecule has 1 amide bonds. The first-order valence-electron chi connectivity index (χ1n) is 12.5. The number of carbonyl (C=O) groups excluding carboxylic acids is 1. The van der Waals surface area contributed by atoms with Gasteiger partial charge in [-0.15, -0.1) is 0 Å². The van der Waals surface area contributed by atoms with E-state index >= 15 is 0 Å². The van der Waals surface area contributed by atoms with Crippen molar-refractivity contribution in [3.63, 3.8) is 0 Å². The SMILES string of the molecule is Cc1cc(OCCN2CCOCC2)c(C)c2c1CCC(C(C)C(=O)N1CCC(O)CC1)C2. The molecule has 0 saturated carbocycles. The Morgan fingerprint density at radius 1 is 1.16 bits per heavy atom. The first-order valence-corrected chi connectivity index (χ1v) is 12.5. The van der Waals surface area contributed by atoms with Gasteiger partial charge in [0.15, 0.2) is 0 Å².